The van der Waals surface area contributed by atoms with E-state index in [1.165, 1.54) is 29.9 Å². The van der Waals surface area contributed by atoms with Crippen molar-refractivity contribution in [2.75, 3.05) is 48.8 Å². The summed E-state index contributed by atoms with van der Waals surface area (Å²) in [6.45, 7) is 7.79. The number of pyridine rings is 2. The Kier molecular flexibility index (Phi) is 8.90. The zero-order valence-corrected chi connectivity index (χ0v) is 26.5. The Bertz CT molecular complexity index is 1880. The number of methoxy groups -OCH3 is 1. The molecule has 6 rings (SSSR count). The summed E-state index contributed by atoms with van der Waals surface area (Å²) in [5, 5.41) is 11.3. The van der Waals surface area contributed by atoms with E-state index in [9.17, 15) is 9.59 Å². The molecule has 1 aliphatic heterocycles. The second kappa shape index (κ2) is 13.3. The Hall–Kier alpha value is -5.34. The van der Waals surface area contributed by atoms with Gasteiger partial charge in [-0.25, -0.2) is 24.6 Å². The number of aromatic nitrogens is 6. The number of thiazole rings is 1. The maximum atomic E-state index is 13.0. The molecule has 234 valence electrons. The van der Waals surface area contributed by atoms with Gasteiger partial charge in [0.15, 0.2) is 22.5 Å². The molecule has 1 aliphatic rings. The van der Waals surface area contributed by atoms with Crippen LogP contribution in [0.1, 0.15) is 15.2 Å². The van der Waals surface area contributed by atoms with Gasteiger partial charge in [0.25, 0.3) is 5.91 Å². The molecule has 0 saturated carbocycles. The van der Waals surface area contributed by atoms with Crippen LogP contribution in [0.5, 0.6) is 5.75 Å². The molecule has 1 saturated heterocycles. The molecule has 0 bridgehead atoms. The maximum Gasteiger partial charge on any atom is 0.267 e. The van der Waals surface area contributed by atoms with Gasteiger partial charge in [0.05, 0.1) is 29.7 Å². The lowest BCUT2D eigenvalue weighted by atomic mass is 10.1. The number of hydrogen-bond acceptors (Lipinski definition) is 11. The first-order valence-corrected chi connectivity index (χ1v) is 15.4. The Labute approximate surface area is 273 Å². The van der Waals surface area contributed by atoms with E-state index in [0.717, 1.165) is 16.8 Å². The molecule has 1 fully saturated rings. The average molecular weight is 657 g/mol. The first kappa shape index (κ1) is 30.7. The number of aryl methyl sites for hydroxylation is 1. The van der Waals surface area contributed by atoms with Crippen molar-refractivity contribution in [3.05, 3.63) is 89.6 Å². The molecule has 0 radical (unpaired) electrons. The Morgan fingerprint density at radius 3 is 2.65 bits per heavy atom. The number of carbonyl (C=O) groups excluding carboxylic acids is 2. The highest BCUT2D eigenvalue weighted by Crippen LogP contribution is 2.34. The zero-order valence-electron chi connectivity index (χ0n) is 25.0. The summed E-state index contributed by atoms with van der Waals surface area (Å²) in [7, 11) is 1.55. The molecule has 2 amide bonds. The standard InChI is InChI=1S/C31H29ClN10O3S/c1-4-26(43)40-10-12-41(13-11-40)29-23(42-18-33-17-36-42)14-20(15-34-29)22-8-9-24(45-3)28(37-22)39-31-35-16-25(46-31)30(44)38-27-19(2)6-5-7-21(27)32/h4-9,14-18H,1,10-13H2,2-3H3,(H,38,44)(H,35,37,39). The fourth-order valence-electron chi connectivity index (χ4n) is 4.96. The number of anilines is 4. The molecule has 0 spiro atoms. The predicted molar refractivity (Wildman–Crippen MR) is 177 cm³/mol. The summed E-state index contributed by atoms with van der Waals surface area (Å²) in [4.78, 5) is 47.4. The number of ether oxygens (including phenoxy) is 1. The van der Waals surface area contributed by atoms with E-state index in [-0.39, 0.29) is 11.8 Å². The number of amides is 2. The predicted octanol–water partition coefficient (Wildman–Crippen LogP) is 4.98. The minimum Gasteiger partial charge on any atom is -0.493 e. The smallest absolute Gasteiger partial charge is 0.267 e. The molecule has 4 aromatic heterocycles. The monoisotopic (exact) mass is 656 g/mol. The Morgan fingerprint density at radius 2 is 1.93 bits per heavy atom. The van der Waals surface area contributed by atoms with Crippen molar-refractivity contribution in [2.24, 2.45) is 0 Å². The Balaban J connectivity index is 1.25. The number of rotatable bonds is 9. The van der Waals surface area contributed by atoms with E-state index >= 15 is 0 Å². The van der Waals surface area contributed by atoms with Crippen LogP contribution >= 0.6 is 22.9 Å². The molecule has 5 aromatic rings. The van der Waals surface area contributed by atoms with Crippen LogP contribution in [0.4, 0.5) is 22.5 Å². The number of halogens is 1. The number of nitrogens with one attached hydrogen (secondary N) is 2. The summed E-state index contributed by atoms with van der Waals surface area (Å²) in [6, 6.07) is 11.0. The molecule has 2 N–H and O–H groups in total. The van der Waals surface area contributed by atoms with Crippen molar-refractivity contribution in [1.82, 2.24) is 34.6 Å². The first-order chi connectivity index (χ1) is 22.3. The first-order valence-electron chi connectivity index (χ1n) is 14.2. The number of carbonyl (C=O) groups is 2. The van der Waals surface area contributed by atoms with Gasteiger partial charge in [0.2, 0.25) is 5.91 Å². The molecule has 0 atom stereocenters. The van der Waals surface area contributed by atoms with Gasteiger partial charge < -0.3 is 25.2 Å². The number of benzene rings is 1. The van der Waals surface area contributed by atoms with Gasteiger partial charge in [-0.05, 0) is 42.8 Å². The molecule has 13 nitrogen and oxygen atoms in total. The van der Waals surface area contributed by atoms with Crippen molar-refractivity contribution in [3.8, 4) is 22.7 Å². The lowest BCUT2D eigenvalue weighted by Gasteiger charge is -2.35. The average Bonchev–Trinajstić information content (AvgIpc) is 3.79. The molecule has 0 aliphatic carbocycles. The molecule has 5 heterocycles. The van der Waals surface area contributed by atoms with Gasteiger partial charge in [-0.15, -0.1) is 0 Å². The molecule has 46 heavy (non-hydrogen) atoms. The van der Waals surface area contributed by atoms with E-state index in [1.54, 1.807) is 41.3 Å². The zero-order chi connectivity index (χ0) is 32.2. The van der Waals surface area contributed by atoms with Crippen molar-refractivity contribution < 1.29 is 14.3 Å². The third kappa shape index (κ3) is 6.39. The fraction of sp³-hybridized carbons (Fsp3) is 0.194. The fourth-order valence-corrected chi connectivity index (χ4v) is 5.94. The van der Waals surface area contributed by atoms with Crippen LogP contribution in [0.15, 0.2) is 74.1 Å². The largest absolute Gasteiger partial charge is 0.493 e. The molecule has 15 heteroatoms. The second-order valence-corrected chi connectivity index (χ2v) is 11.6. The summed E-state index contributed by atoms with van der Waals surface area (Å²) in [5.74, 6) is 1.21. The lowest BCUT2D eigenvalue weighted by molar-refractivity contribution is -0.126. The normalized spacial score (nSPS) is 12.9. The topological polar surface area (TPSA) is 143 Å². The van der Waals surface area contributed by atoms with Crippen LogP contribution in [0.2, 0.25) is 5.02 Å². The van der Waals surface area contributed by atoms with Gasteiger partial charge in [-0.3, -0.25) is 9.59 Å². The third-order valence-corrected chi connectivity index (χ3v) is 8.59. The van der Waals surface area contributed by atoms with E-state index < -0.39 is 0 Å². The molecular formula is C31H29ClN10O3S. The van der Waals surface area contributed by atoms with Gasteiger partial charge in [-0.1, -0.05) is 41.6 Å². The second-order valence-electron chi connectivity index (χ2n) is 10.2. The minimum atomic E-state index is -0.323. The van der Waals surface area contributed by atoms with Gasteiger partial charge in [-0.2, -0.15) is 5.10 Å². The highest BCUT2D eigenvalue weighted by atomic mass is 35.5. The van der Waals surface area contributed by atoms with Crippen molar-refractivity contribution in [2.45, 2.75) is 6.92 Å². The van der Waals surface area contributed by atoms with Crippen LogP contribution in [0.25, 0.3) is 16.9 Å². The van der Waals surface area contributed by atoms with Crippen LogP contribution in [0, 0.1) is 6.92 Å². The van der Waals surface area contributed by atoms with Crippen LogP contribution in [0.3, 0.4) is 0 Å². The van der Waals surface area contributed by atoms with Gasteiger partial charge in [0, 0.05) is 37.9 Å². The number of nitrogens with zero attached hydrogens (tertiary/aromatic N) is 8. The van der Waals surface area contributed by atoms with E-state index in [2.05, 4.69) is 37.2 Å². The summed E-state index contributed by atoms with van der Waals surface area (Å²) >= 11 is 7.46. The summed E-state index contributed by atoms with van der Waals surface area (Å²) in [5.41, 5.74) is 3.48. The van der Waals surface area contributed by atoms with Crippen LogP contribution < -0.4 is 20.3 Å². The van der Waals surface area contributed by atoms with E-state index in [4.69, 9.17) is 26.3 Å². The highest BCUT2D eigenvalue weighted by Gasteiger charge is 2.24. The quantitative estimate of drug-likeness (QED) is 0.209. The van der Waals surface area contributed by atoms with Crippen LogP contribution in [-0.2, 0) is 4.79 Å². The van der Waals surface area contributed by atoms with E-state index in [1.807, 2.05) is 31.2 Å². The SMILES string of the molecule is C=CC(=O)N1CCN(c2ncc(-c3ccc(OC)c(Nc4ncc(C(=O)Nc5c(C)cccc5Cl)s4)n3)cc2-n2cncn2)CC1. The van der Waals surface area contributed by atoms with Crippen molar-refractivity contribution in [1.29, 1.82) is 0 Å². The Morgan fingerprint density at radius 1 is 1.11 bits per heavy atom. The van der Waals surface area contributed by atoms with Gasteiger partial charge >= 0.3 is 0 Å². The number of para-hydroxylation sites is 1. The number of piperazine rings is 1. The summed E-state index contributed by atoms with van der Waals surface area (Å²) < 4.78 is 7.22. The van der Waals surface area contributed by atoms with Crippen molar-refractivity contribution >= 4 is 57.2 Å². The number of hydrogen-bond donors (Lipinski definition) is 2. The maximum absolute atomic E-state index is 13.0. The minimum absolute atomic E-state index is 0.0844. The lowest BCUT2D eigenvalue weighted by Crippen LogP contribution is -2.48. The highest BCUT2D eigenvalue weighted by molar-refractivity contribution is 7.17. The summed E-state index contributed by atoms with van der Waals surface area (Å²) in [6.07, 6.45) is 7.65. The van der Waals surface area contributed by atoms with Crippen LogP contribution in [-0.4, -0.2) is 79.7 Å². The van der Waals surface area contributed by atoms with Gasteiger partial charge in [0.1, 0.15) is 23.2 Å². The third-order valence-electron chi connectivity index (χ3n) is 7.37. The van der Waals surface area contributed by atoms with Crippen molar-refractivity contribution in [3.63, 3.8) is 0 Å². The molecule has 0 unspecified atom stereocenters. The van der Waals surface area contributed by atoms with E-state index in [0.29, 0.717) is 70.0 Å². The molecule has 1 aromatic carbocycles. The molecular weight excluding hydrogens is 628 g/mol.